The molecule has 12 heterocycles. The van der Waals surface area contributed by atoms with E-state index < -0.39 is 139 Å². The predicted molar refractivity (Wildman–Crippen MR) is 352 cm³/mol. The quantitative estimate of drug-likeness (QED) is 0.0433. The minimum atomic E-state index is -1.85. The van der Waals surface area contributed by atoms with Gasteiger partial charge >= 0.3 is 11.9 Å². The number of likely N-dealkylation sites (N-methyl/N-ethyl adjacent to an activating group) is 1. The fraction of sp³-hybridized carbons (Fsp3) is 0.355. The molecule has 6 amide bonds. The van der Waals surface area contributed by atoms with Crippen LogP contribution in [0.2, 0.25) is 0 Å². The van der Waals surface area contributed by atoms with Crippen LogP contribution in [0.4, 0.5) is 0 Å². The van der Waals surface area contributed by atoms with E-state index in [1.807, 2.05) is 32.7 Å². The first-order valence-electron chi connectivity index (χ1n) is 30.3. The number of hydrogen-bond donors (Lipinski definition) is 9. The summed E-state index contributed by atoms with van der Waals surface area (Å²) in [5.41, 5.74) is 2.83. The Bertz CT molecular complexity index is 4690. The van der Waals surface area contributed by atoms with Gasteiger partial charge in [0.1, 0.15) is 126 Å². The topological polar surface area (TPSA) is 434 Å². The number of amides is 6. The lowest BCUT2D eigenvalue weighted by atomic mass is 9.86. The third-order valence-electron chi connectivity index (χ3n) is 17.2. The number of cyclic esters (lactones) is 2. The number of benzene rings is 1. The van der Waals surface area contributed by atoms with Crippen molar-refractivity contribution in [3.8, 4) is 38.4 Å². The number of aliphatic hydroxyl groups is 1. The molecule has 11 atom stereocenters. The highest BCUT2D eigenvalue weighted by atomic mass is 32.1. The number of aromatic hydroxyl groups is 1. The predicted octanol–water partition coefficient (Wildman–Crippen LogP) is 4.65. The van der Waals surface area contributed by atoms with Crippen molar-refractivity contribution in [3.63, 3.8) is 0 Å². The lowest BCUT2D eigenvalue weighted by Gasteiger charge is -2.45. The Labute approximate surface area is 580 Å². The molecular weight excluding hydrogens is 1390 g/mol. The summed E-state index contributed by atoms with van der Waals surface area (Å²) in [5, 5.41) is 55.7. The normalized spacial score (nSPS) is 25.4. The Morgan fingerprint density at radius 1 is 0.848 bits per heavy atom. The largest absolute Gasteiger partial charge is 0.506 e. The van der Waals surface area contributed by atoms with Crippen LogP contribution in [0.25, 0.3) is 49.3 Å². The van der Waals surface area contributed by atoms with Crippen LogP contribution in [-0.4, -0.2) is 178 Å². The van der Waals surface area contributed by atoms with Gasteiger partial charge in [0.2, 0.25) is 5.91 Å². The number of carbonyl (C=O) groups excluding carboxylic acids is 8. The van der Waals surface area contributed by atoms with Crippen LogP contribution in [-0.2, 0) is 60.8 Å². The van der Waals surface area contributed by atoms with Crippen molar-refractivity contribution < 1.29 is 86.9 Å². The van der Waals surface area contributed by atoms with Gasteiger partial charge in [-0.1, -0.05) is 18.7 Å². The van der Waals surface area contributed by atoms with Crippen LogP contribution < -0.4 is 32.3 Å². The number of primary amides is 1. The van der Waals surface area contributed by atoms with E-state index in [1.54, 1.807) is 12.1 Å². The van der Waals surface area contributed by atoms with E-state index in [9.17, 15) is 34.6 Å². The van der Waals surface area contributed by atoms with Crippen LogP contribution >= 0.6 is 56.7 Å². The van der Waals surface area contributed by atoms with E-state index in [0.29, 0.717) is 10.3 Å². The fourth-order valence-corrected chi connectivity index (χ4v) is 16.5. The highest BCUT2D eigenvalue weighted by molar-refractivity contribution is 7.14. The monoisotopic (exact) mass is 1450 g/mol. The van der Waals surface area contributed by atoms with E-state index >= 15 is 19.2 Å². The maximum atomic E-state index is 15.2. The number of esters is 2. The van der Waals surface area contributed by atoms with Crippen LogP contribution in [0.3, 0.4) is 0 Å². The maximum absolute atomic E-state index is 15.2. The van der Waals surface area contributed by atoms with Gasteiger partial charge < -0.3 is 80.9 Å². The second kappa shape index (κ2) is 26.9. The average molecular weight is 1450 g/mol. The van der Waals surface area contributed by atoms with Crippen molar-refractivity contribution in [2.45, 2.75) is 121 Å². The first-order valence-corrected chi connectivity index (χ1v) is 34.7. The molecule has 5 aliphatic rings. The van der Waals surface area contributed by atoms with Crippen molar-refractivity contribution in [2.24, 2.45) is 5.73 Å². The standard InChI is InChI=1S/C62H60N14O18S5/c1-22(49(63)79)64-50(80)32-19-98-58(69-32)43-37(78)12-28-42(71-43)31-17-96-56(66-31)30-16-91-60(85)45-29-15-89-46(47(61(86)90-14-27-10-9-11-36(39(27)29)76(45)87)93-38-13-62(6)48(25(4)92-38)75(7)26(5)94-62)44(59-70-33(20-99-59)51(81)65-30)74-53(83)35-21-97-57(68-35)41(24(3)88-8)73-54(84)40(23(2)77)72-52(82)34-18-95-55(28)67-34/h9-12,17-21,23,25-26,30,38,40,44,46-48,77-78,87H,1,13-16H2,2-8H3,(H2,63,79)(H,64,80)(H,65,81)(H,72,82)(H,73,84)(H,74,83). The zero-order valence-corrected chi connectivity index (χ0v) is 57.2. The van der Waals surface area contributed by atoms with Crippen molar-refractivity contribution in [1.82, 2.24) is 66.1 Å². The van der Waals surface area contributed by atoms with E-state index in [-0.39, 0.29) is 117 Å². The summed E-state index contributed by atoms with van der Waals surface area (Å²) in [5.74, 6) is -8.11. The number of fused-ring (bicyclic) bond motifs is 16. The van der Waals surface area contributed by atoms with Crippen LogP contribution in [0, 0.1) is 0 Å². The number of pyridine rings is 1. The lowest BCUT2D eigenvalue weighted by Crippen LogP contribution is -2.58. The first-order chi connectivity index (χ1) is 47.3. The van der Waals surface area contributed by atoms with E-state index in [4.69, 9.17) is 53.8 Å². The lowest BCUT2D eigenvalue weighted by molar-refractivity contribution is -0.269. The Hall–Kier alpha value is -9.54. The smallest absolute Gasteiger partial charge is 0.358 e. The third kappa shape index (κ3) is 12.9. The number of hydrogen-bond acceptors (Lipinski definition) is 30. The van der Waals surface area contributed by atoms with Gasteiger partial charge in [-0.3, -0.25) is 33.7 Å². The molecule has 32 nitrogen and oxygen atoms in total. The summed E-state index contributed by atoms with van der Waals surface area (Å²) < 4.78 is 45.2. The molecule has 0 radical (unpaired) electrons. The average Bonchev–Trinajstić information content (AvgIpc) is 1.61. The molecule has 2 fully saturated rings. The van der Waals surface area contributed by atoms with Gasteiger partial charge in [-0.2, -0.15) is 4.73 Å². The summed E-state index contributed by atoms with van der Waals surface area (Å²) in [7, 11) is 3.22. The molecule has 5 aliphatic heterocycles. The number of nitrogens with zero attached hydrogens (tertiary/aromatic N) is 8. The molecule has 37 heteroatoms. The number of nitrogens with one attached hydrogen (secondary N) is 5. The van der Waals surface area contributed by atoms with Gasteiger partial charge in [-0.05, 0) is 59.4 Å². The summed E-state index contributed by atoms with van der Waals surface area (Å²) in [4.78, 5) is 144. The van der Waals surface area contributed by atoms with Gasteiger partial charge in [0.25, 0.3) is 29.5 Å². The summed E-state index contributed by atoms with van der Waals surface area (Å²) in [6.07, 6.45) is -7.15. The molecule has 12 bridgehead atoms. The SMILES string of the molecule is C=C(NC(=O)c1csc(-c2nc3c(cc2O)-c2nc(cs2)C(=O)NC(C(C)O)C(=O)NC(=C(C)OC)c2nc(cs2)C(=O)NC2c4nc(cs4)C(=O)NC(COC(=O)c4c5c6c(cccc6n4O)COC(=O)C(OC4CC6(C)OC(C)N(C)C6C(C)O4)C2OC5)c2nc-3cs2)n1)C(N)=O. The molecule has 0 spiro atoms. The fourth-order valence-electron chi connectivity index (χ4n) is 12.3. The molecule has 8 aromatic rings. The van der Waals surface area contributed by atoms with E-state index in [1.165, 1.54) is 60.0 Å². The molecule has 7 aromatic heterocycles. The van der Waals surface area contributed by atoms with Crippen LogP contribution in [0.5, 0.6) is 5.75 Å². The molecule has 2 saturated heterocycles. The summed E-state index contributed by atoms with van der Waals surface area (Å²) >= 11 is 4.53. The zero-order chi connectivity index (χ0) is 70.2. The van der Waals surface area contributed by atoms with Gasteiger partial charge in [0, 0.05) is 49.8 Å². The van der Waals surface area contributed by atoms with Crippen molar-refractivity contribution in [3.05, 3.63) is 124 Å². The van der Waals surface area contributed by atoms with Gasteiger partial charge in [0.15, 0.2) is 18.1 Å². The highest BCUT2D eigenvalue weighted by Gasteiger charge is 2.56. The molecule has 11 unspecified atom stereocenters. The second-order valence-electron chi connectivity index (χ2n) is 23.7. The van der Waals surface area contributed by atoms with Gasteiger partial charge in [0.05, 0.1) is 48.8 Å². The Morgan fingerprint density at radius 2 is 1.53 bits per heavy atom. The molecule has 99 heavy (non-hydrogen) atoms. The second-order valence-corrected chi connectivity index (χ2v) is 28.1. The zero-order valence-electron chi connectivity index (χ0n) is 53.2. The van der Waals surface area contributed by atoms with Crippen LogP contribution in [0.1, 0.15) is 132 Å². The minimum absolute atomic E-state index is 0.00319. The summed E-state index contributed by atoms with van der Waals surface area (Å²) in [6.45, 7) is 10.1. The number of rotatable bonds is 8. The number of allylic oxidation sites excluding steroid dienone is 1. The molecule has 0 aliphatic carbocycles. The molecule has 0 saturated carbocycles. The minimum Gasteiger partial charge on any atom is -0.506 e. The third-order valence-corrected chi connectivity index (χ3v) is 21.7. The number of aromatic nitrogens is 7. The first kappa shape index (κ1) is 68.0. The number of methoxy groups -OCH3 is 1. The number of aliphatic hydroxyl groups excluding tert-OH is 1. The Kier molecular flexibility index (Phi) is 18.5. The molecule has 516 valence electrons. The highest BCUT2D eigenvalue weighted by Crippen LogP contribution is 2.45. The molecular formula is C62H60N14O18S5. The number of thiazole rings is 5. The number of ether oxygens (including phenoxy) is 7. The Balaban J connectivity index is 0.983. The molecule has 10 N–H and O–H groups in total. The van der Waals surface area contributed by atoms with Gasteiger partial charge in [-0.15, -0.1) is 56.7 Å². The Morgan fingerprint density at radius 3 is 2.27 bits per heavy atom. The number of nitrogens with two attached hydrogens (primary N) is 1. The van der Waals surface area contributed by atoms with Gasteiger partial charge in [-0.25, -0.2) is 39.5 Å². The van der Waals surface area contributed by atoms with Crippen molar-refractivity contribution >= 4 is 121 Å². The maximum Gasteiger partial charge on any atom is 0.358 e. The van der Waals surface area contributed by atoms with Crippen molar-refractivity contribution in [1.29, 1.82) is 0 Å². The summed E-state index contributed by atoms with van der Waals surface area (Å²) in [6, 6.07) is 1.07. The number of carbonyl (C=O) groups is 8. The van der Waals surface area contributed by atoms with Crippen molar-refractivity contribution in [2.75, 3.05) is 20.8 Å². The molecule has 13 rings (SSSR count). The molecule has 1 aromatic carbocycles. The van der Waals surface area contributed by atoms with E-state index in [0.717, 1.165) is 56.7 Å². The van der Waals surface area contributed by atoms with Crippen LogP contribution in [0.15, 0.2) is 69.2 Å². The van der Waals surface area contributed by atoms with E-state index in [2.05, 4.69) is 48.1 Å².